The molecule has 5 aromatic rings. The van der Waals surface area contributed by atoms with Crippen LogP contribution in [0.4, 0.5) is 5.95 Å². The third-order valence-electron chi connectivity index (χ3n) is 7.93. The third kappa shape index (κ3) is 7.89. The number of imidazole rings is 1. The molecule has 4 aromatic carbocycles. The molecule has 51 heavy (non-hydrogen) atoms. The molecule has 0 spiro atoms. The van der Waals surface area contributed by atoms with E-state index in [0.717, 1.165) is 22.4 Å². The van der Waals surface area contributed by atoms with Crippen LogP contribution >= 0.6 is 0 Å². The first kappa shape index (κ1) is 35.8. The Kier molecular flexibility index (Phi) is 11.4. The van der Waals surface area contributed by atoms with Gasteiger partial charge in [0.25, 0.3) is 5.91 Å². The molecule has 0 unspecified atom stereocenters. The Morgan fingerprint density at radius 3 is 1.71 bits per heavy atom. The zero-order chi connectivity index (χ0) is 36.5. The molecule has 0 saturated heterocycles. The lowest BCUT2D eigenvalue weighted by Gasteiger charge is -2.17. The second kappa shape index (κ2) is 16.3. The van der Waals surface area contributed by atoms with Crippen LogP contribution in [0.25, 0.3) is 11.3 Å². The summed E-state index contributed by atoms with van der Waals surface area (Å²) in [4.78, 5) is 18.6. The van der Waals surface area contributed by atoms with Crippen LogP contribution in [0.1, 0.15) is 27.2 Å². The summed E-state index contributed by atoms with van der Waals surface area (Å²) in [5.41, 5.74) is 3.75. The number of aromatic nitrogens is 2. The topological polar surface area (TPSA) is 121 Å². The van der Waals surface area contributed by atoms with Crippen molar-refractivity contribution in [1.82, 2.24) is 9.55 Å². The Bertz CT molecular complexity index is 2010. The zero-order valence-corrected chi connectivity index (χ0v) is 29.7. The molecule has 0 bridgehead atoms. The maximum Gasteiger partial charge on any atom is 0.258 e. The summed E-state index contributed by atoms with van der Waals surface area (Å²) in [6.45, 7) is 0.108. The van der Waals surface area contributed by atoms with Gasteiger partial charge in [0.2, 0.25) is 17.4 Å². The normalized spacial score (nSPS) is 10.4. The molecule has 0 saturated carbocycles. The Balaban J connectivity index is 1.45. The van der Waals surface area contributed by atoms with Crippen LogP contribution in [0, 0.1) is 11.8 Å². The van der Waals surface area contributed by atoms with Crippen molar-refractivity contribution in [3.8, 4) is 69.1 Å². The molecule has 0 aliphatic carbocycles. The van der Waals surface area contributed by atoms with Gasteiger partial charge in [-0.3, -0.25) is 10.1 Å². The second-order valence-corrected chi connectivity index (χ2v) is 10.9. The molecule has 12 nitrogen and oxygen atoms in total. The highest BCUT2D eigenvalue weighted by molar-refractivity contribution is 6.04. The fourth-order valence-corrected chi connectivity index (χ4v) is 5.21. The van der Waals surface area contributed by atoms with Gasteiger partial charge in [-0.2, -0.15) is 0 Å². The van der Waals surface area contributed by atoms with Gasteiger partial charge in [-0.05, 0) is 84.3 Å². The molecule has 0 atom stereocenters. The number of methoxy groups -OCH3 is 7. The van der Waals surface area contributed by atoms with Crippen LogP contribution in [-0.2, 0) is 13.7 Å². The molecule has 12 heteroatoms. The van der Waals surface area contributed by atoms with Crippen molar-refractivity contribution in [2.45, 2.75) is 6.61 Å². The summed E-state index contributed by atoms with van der Waals surface area (Å²) in [6.07, 6.45) is 0. The van der Waals surface area contributed by atoms with Gasteiger partial charge in [0.15, 0.2) is 23.0 Å². The van der Waals surface area contributed by atoms with Gasteiger partial charge >= 0.3 is 0 Å². The number of amides is 1. The van der Waals surface area contributed by atoms with E-state index in [4.69, 9.17) is 42.9 Å². The summed E-state index contributed by atoms with van der Waals surface area (Å²) in [5.74, 6) is 10.0. The smallest absolute Gasteiger partial charge is 0.258 e. The van der Waals surface area contributed by atoms with Gasteiger partial charge < -0.3 is 42.5 Å². The van der Waals surface area contributed by atoms with E-state index in [9.17, 15) is 4.79 Å². The molecular weight excluding hydrogens is 654 g/mol. The maximum absolute atomic E-state index is 13.8. The number of carbonyl (C=O) groups is 1. The fraction of sp³-hybridized carbons (Fsp3) is 0.231. The largest absolute Gasteiger partial charge is 0.497 e. The third-order valence-corrected chi connectivity index (χ3v) is 7.93. The standard InChI is InChI=1S/C39H39N3O9/c1-42-30(18-11-24-9-14-28(44-2)15-10-24)35(26-12-16-29(45-3)17-13-26)40-39(42)41-38(43)27-21-33(48-6)37(34(22-27)49-7)51-23-25-19-31(46-4)36(50-8)32(20-25)47-5/h9-10,12-17,19-22H,23H2,1-8H3,(H,40,41,43). The van der Waals surface area contributed by atoms with Crippen LogP contribution < -0.4 is 43.2 Å². The summed E-state index contributed by atoms with van der Waals surface area (Å²) in [7, 11) is 12.6. The monoisotopic (exact) mass is 693 g/mol. The van der Waals surface area contributed by atoms with Crippen LogP contribution in [-0.4, -0.2) is 65.2 Å². The molecule has 0 aliphatic rings. The second-order valence-electron chi connectivity index (χ2n) is 10.9. The molecule has 5 rings (SSSR count). The first-order chi connectivity index (χ1) is 24.8. The summed E-state index contributed by atoms with van der Waals surface area (Å²) < 4.78 is 46.1. The van der Waals surface area contributed by atoms with Crippen LogP contribution in [0.15, 0.2) is 72.8 Å². The number of hydrogen-bond acceptors (Lipinski definition) is 10. The van der Waals surface area contributed by atoms with Crippen LogP contribution in [0.5, 0.6) is 46.0 Å². The summed E-state index contributed by atoms with van der Waals surface area (Å²) in [6, 6.07) is 21.6. The summed E-state index contributed by atoms with van der Waals surface area (Å²) >= 11 is 0. The van der Waals surface area contributed by atoms with Crippen molar-refractivity contribution in [3.05, 3.63) is 95.2 Å². The highest BCUT2D eigenvalue weighted by Gasteiger charge is 2.22. The average Bonchev–Trinajstić information content (AvgIpc) is 3.48. The number of nitrogens with one attached hydrogen (secondary N) is 1. The minimum Gasteiger partial charge on any atom is -0.497 e. The Morgan fingerprint density at radius 1 is 0.667 bits per heavy atom. The van der Waals surface area contributed by atoms with Crippen LogP contribution in [0.2, 0.25) is 0 Å². The van der Waals surface area contributed by atoms with Crippen molar-refractivity contribution < 1.29 is 42.7 Å². The SMILES string of the molecule is COc1ccc(C#Cc2c(-c3ccc(OC)cc3)nc(NC(=O)c3cc(OC)c(OCc4cc(OC)c(OC)c(OC)c4)c(OC)c3)n2C)cc1. The molecule has 0 radical (unpaired) electrons. The van der Waals surface area contributed by atoms with E-state index in [1.54, 1.807) is 64.3 Å². The minimum atomic E-state index is -0.452. The van der Waals surface area contributed by atoms with E-state index in [1.165, 1.54) is 21.3 Å². The van der Waals surface area contributed by atoms with E-state index < -0.39 is 5.91 Å². The first-order valence-corrected chi connectivity index (χ1v) is 15.6. The van der Waals surface area contributed by atoms with E-state index in [0.29, 0.717) is 40.1 Å². The lowest BCUT2D eigenvalue weighted by molar-refractivity contribution is 0.102. The Morgan fingerprint density at radius 2 is 1.20 bits per heavy atom. The number of rotatable bonds is 13. The molecule has 0 aliphatic heterocycles. The zero-order valence-electron chi connectivity index (χ0n) is 29.7. The van der Waals surface area contributed by atoms with Crippen molar-refractivity contribution in [3.63, 3.8) is 0 Å². The predicted molar refractivity (Wildman–Crippen MR) is 192 cm³/mol. The molecule has 1 N–H and O–H groups in total. The number of anilines is 1. The lowest BCUT2D eigenvalue weighted by atomic mass is 10.1. The molecule has 0 fully saturated rings. The van der Waals surface area contributed by atoms with Gasteiger partial charge in [-0.15, -0.1) is 0 Å². The van der Waals surface area contributed by atoms with Crippen molar-refractivity contribution >= 4 is 11.9 Å². The average molecular weight is 694 g/mol. The lowest BCUT2D eigenvalue weighted by Crippen LogP contribution is -2.16. The number of ether oxygens (including phenoxy) is 8. The van der Waals surface area contributed by atoms with Gasteiger partial charge in [0.05, 0.1) is 49.8 Å². The van der Waals surface area contributed by atoms with Crippen molar-refractivity contribution in [1.29, 1.82) is 0 Å². The van der Waals surface area contributed by atoms with E-state index in [-0.39, 0.29) is 29.6 Å². The van der Waals surface area contributed by atoms with Gasteiger partial charge in [-0.1, -0.05) is 5.92 Å². The van der Waals surface area contributed by atoms with Gasteiger partial charge in [0.1, 0.15) is 29.5 Å². The number of hydrogen-bond donors (Lipinski definition) is 1. The van der Waals surface area contributed by atoms with Gasteiger partial charge in [-0.25, -0.2) is 4.98 Å². The van der Waals surface area contributed by atoms with E-state index >= 15 is 0 Å². The van der Waals surface area contributed by atoms with E-state index in [2.05, 4.69) is 17.2 Å². The predicted octanol–water partition coefficient (Wildman–Crippen LogP) is 6.38. The maximum atomic E-state index is 13.8. The van der Waals surface area contributed by atoms with Crippen molar-refractivity contribution in [2.75, 3.05) is 55.1 Å². The number of benzene rings is 4. The fourth-order valence-electron chi connectivity index (χ4n) is 5.21. The molecule has 1 aromatic heterocycles. The van der Waals surface area contributed by atoms with E-state index in [1.807, 2.05) is 48.5 Å². The molecule has 1 amide bonds. The molecular formula is C39H39N3O9. The quantitative estimate of drug-likeness (QED) is 0.139. The first-order valence-electron chi connectivity index (χ1n) is 15.6. The highest BCUT2D eigenvalue weighted by atomic mass is 16.5. The minimum absolute atomic E-state index is 0.108. The highest BCUT2D eigenvalue weighted by Crippen LogP contribution is 2.41. The van der Waals surface area contributed by atoms with Gasteiger partial charge in [0, 0.05) is 23.7 Å². The molecule has 1 heterocycles. The molecule has 264 valence electrons. The van der Waals surface area contributed by atoms with Crippen molar-refractivity contribution in [2.24, 2.45) is 7.05 Å². The van der Waals surface area contributed by atoms with Crippen LogP contribution in [0.3, 0.4) is 0 Å². The number of nitrogens with zero attached hydrogens (tertiary/aromatic N) is 2. The number of carbonyl (C=O) groups excluding carboxylic acids is 1. The summed E-state index contributed by atoms with van der Waals surface area (Å²) in [5, 5.41) is 2.92. The Labute approximate surface area is 296 Å². The Hall–Kier alpha value is -6.48.